The van der Waals surface area contributed by atoms with E-state index in [1.54, 1.807) is 0 Å². The van der Waals surface area contributed by atoms with E-state index >= 15 is 0 Å². The number of quaternary nitrogens is 1. The van der Waals surface area contributed by atoms with Gasteiger partial charge in [0.2, 0.25) is 0 Å². The number of carbonyl (C=O) groups excluding carboxylic acids is 2. The number of carboxylic acid groups (broad SMARTS) is 2. The molecule has 0 atom stereocenters. The summed E-state index contributed by atoms with van der Waals surface area (Å²) < 4.78 is 0. The Morgan fingerprint density at radius 2 is 1.22 bits per heavy atom. The van der Waals surface area contributed by atoms with Crippen LogP contribution < -0.4 is 16.4 Å². The van der Waals surface area contributed by atoms with Gasteiger partial charge in [-0.05, 0) is 12.2 Å². The predicted molar refractivity (Wildman–Crippen MR) is 25.1 cm³/mol. The van der Waals surface area contributed by atoms with Crippen LogP contribution in [0.2, 0.25) is 0 Å². The summed E-state index contributed by atoms with van der Waals surface area (Å²) in [4.78, 5) is 18.8. The highest BCUT2D eigenvalue weighted by atomic mass is 16.4. The molecule has 52 valence electrons. The maximum atomic E-state index is 9.41. The third-order valence-corrected chi connectivity index (χ3v) is 0.355. The van der Waals surface area contributed by atoms with Crippen molar-refractivity contribution in [3.05, 3.63) is 12.2 Å². The highest BCUT2D eigenvalue weighted by Crippen LogP contribution is 1.64. The molecule has 0 amide bonds. The highest BCUT2D eigenvalue weighted by molar-refractivity contribution is 5.87. The van der Waals surface area contributed by atoms with E-state index in [0.29, 0.717) is 12.2 Å². The van der Waals surface area contributed by atoms with Gasteiger partial charge in [0.15, 0.2) is 0 Å². The van der Waals surface area contributed by atoms with E-state index in [1.807, 2.05) is 0 Å². The van der Waals surface area contributed by atoms with E-state index in [9.17, 15) is 19.8 Å². The first-order valence-corrected chi connectivity index (χ1v) is 1.73. The molecule has 0 rings (SSSR count). The third-order valence-electron chi connectivity index (χ3n) is 0.355. The fraction of sp³-hybridized carbons (Fsp3) is 0. The Balaban J connectivity index is 0. The summed E-state index contributed by atoms with van der Waals surface area (Å²) in [5, 5.41) is 18.8. The van der Waals surface area contributed by atoms with Gasteiger partial charge in [-0.1, -0.05) is 0 Å². The van der Waals surface area contributed by atoms with Crippen molar-refractivity contribution in [3.63, 3.8) is 0 Å². The van der Waals surface area contributed by atoms with Crippen molar-refractivity contribution in [2.24, 2.45) is 0 Å². The zero-order valence-corrected chi connectivity index (χ0v) is 4.79. The van der Waals surface area contributed by atoms with Crippen LogP contribution in [0, 0.1) is 0 Å². The summed E-state index contributed by atoms with van der Waals surface area (Å²) in [5.74, 6) is -3.09. The van der Waals surface area contributed by atoms with Crippen molar-refractivity contribution < 1.29 is 19.8 Å². The summed E-state index contributed by atoms with van der Waals surface area (Å²) in [7, 11) is 0. The molecule has 0 heterocycles. The zero-order valence-electron chi connectivity index (χ0n) is 4.79. The average molecular weight is 132 g/mol. The molecule has 0 spiro atoms. The van der Waals surface area contributed by atoms with Crippen molar-refractivity contribution in [1.82, 2.24) is 6.15 Å². The summed E-state index contributed by atoms with van der Waals surface area (Å²) in [6.07, 6.45) is 0.769. The van der Waals surface area contributed by atoms with Gasteiger partial charge in [0, 0.05) is 0 Å². The van der Waals surface area contributed by atoms with E-state index in [2.05, 4.69) is 0 Å². The molecule has 0 aliphatic carbocycles. The van der Waals surface area contributed by atoms with Crippen LogP contribution in [0.1, 0.15) is 0 Å². The third kappa shape index (κ3) is 10.8. The molecule has 0 bridgehead atoms. The first-order valence-electron chi connectivity index (χ1n) is 1.73. The molecule has 4 N–H and O–H groups in total. The average Bonchev–Trinajstić information content (AvgIpc) is 1.61. The standard InChI is InChI=1S/C4H4O4.H3N/c5-3(6)1-2-4(7)8;/h1-2H,(H,5,6)(H,7,8);1H3/p-1/b2-1-;. The van der Waals surface area contributed by atoms with Crippen molar-refractivity contribution in [1.29, 1.82) is 0 Å². The summed E-state index contributed by atoms with van der Waals surface area (Å²) in [6.45, 7) is 0. The molecule has 0 aromatic carbocycles. The van der Waals surface area contributed by atoms with Gasteiger partial charge in [0.25, 0.3) is 0 Å². The predicted octanol–water partition coefficient (Wildman–Crippen LogP) is -2.58. The second-order valence-corrected chi connectivity index (χ2v) is 0.971. The SMILES string of the molecule is O=C([O-])/C=C\C(=O)[O-].[NH4+]. The molecule has 0 radical (unpaired) electrons. The molecule has 0 saturated carbocycles. The van der Waals surface area contributed by atoms with Gasteiger partial charge in [-0.25, -0.2) is 0 Å². The Morgan fingerprint density at radius 3 is 1.33 bits per heavy atom. The molecule has 0 aromatic heterocycles. The lowest BCUT2D eigenvalue weighted by Gasteiger charge is -1.90. The highest BCUT2D eigenvalue weighted by Gasteiger charge is 1.70. The first kappa shape index (κ1) is 10.6. The summed E-state index contributed by atoms with van der Waals surface area (Å²) in [6, 6.07) is 0. The molecule has 0 aliphatic heterocycles. The lowest BCUT2D eigenvalue weighted by Crippen LogP contribution is -2.23. The van der Waals surface area contributed by atoms with Crippen LogP contribution in [0.25, 0.3) is 0 Å². The van der Waals surface area contributed by atoms with Gasteiger partial charge < -0.3 is 26.0 Å². The van der Waals surface area contributed by atoms with Gasteiger partial charge in [0.05, 0.1) is 11.9 Å². The number of hydrogen-bond donors (Lipinski definition) is 1. The van der Waals surface area contributed by atoms with Crippen LogP contribution in [0.3, 0.4) is 0 Å². The lowest BCUT2D eigenvalue weighted by atomic mass is 10.5. The van der Waals surface area contributed by atoms with Crippen LogP contribution in [-0.2, 0) is 9.59 Å². The van der Waals surface area contributed by atoms with Gasteiger partial charge in [0.1, 0.15) is 0 Å². The maximum Gasteiger partial charge on any atom is 0.0643 e. The molecular weight excluding hydrogens is 126 g/mol. The van der Waals surface area contributed by atoms with Gasteiger partial charge in [-0.3, -0.25) is 0 Å². The van der Waals surface area contributed by atoms with E-state index in [0.717, 1.165) is 0 Å². The quantitative estimate of drug-likeness (QED) is 0.415. The van der Waals surface area contributed by atoms with Gasteiger partial charge >= 0.3 is 0 Å². The fourth-order valence-electron chi connectivity index (χ4n) is 0.136. The molecule has 0 aliphatic rings. The zero-order chi connectivity index (χ0) is 6.57. The summed E-state index contributed by atoms with van der Waals surface area (Å²) >= 11 is 0. The number of carboxylic acids is 2. The van der Waals surface area contributed by atoms with Crippen molar-refractivity contribution >= 4 is 11.9 Å². The Bertz CT molecular complexity index is 124. The van der Waals surface area contributed by atoms with Gasteiger partial charge in [-0.2, -0.15) is 0 Å². The van der Waals surface area contributed by atoms with Crippen molar-refractivity contribution in [3.8, 4) is 0 Å². The van der Waals surface area contributed by atoms with Crippen LogP contribution in [0.15, 0.2) is 12.2 Å². The number of aliphatic carboxylic acids is 2. The smallest absolute Gasteiger partial charge is 0.0643 e. The van der Waals surface area contributed by atoms with Crippen LogP contribution >= 0.6 is 0 Å². The normalized spacial score (nSPS) is 8.44. The molecule has 5 heteroatoms. The van der Waals surface area contributed by atoms with Crippen LogP contribution in [0.5, 0.6) is 0 Å². The van der Waals surface area contributed by atoms with Crippen LogP contribution in [-0.4, -0.2) is 11.9 Å². The Hall–Kier alpha value is -1.36. The number of carbonyl (C=O) groups is 2. The molecule has 9 heavy (non-hydrogen) atoms. The molecule has 0 unspecified atom stereocenters. The summed E-state index contributed by atoms with van der Waals surface area (Å²) in [5.41, 5.74) is 0. The Labute approximate surface area is 51.2 Å². The van der Waals surface area contributed by atoms with E-state index in [1.165, 1.54) is 0 Å². The van der Waals surface area contributed by atoms with E-state index in [4.69, 9.17) is 0 Å². The minimum Gasteiger partial charge on any atom is -0.545 e. The molecule has 5 nitrogen and oxygen atoms in total. The molecule has 0 aromatic rings. The lowest BCUT2D eigenvalue weighted by molar-refractivity contribution is -0.301. The van der Waals surface area contributed by atoms with E-state index < -0.39 is 11.9 Å². The molecule has 0 fully saturated rings. The second-order valence-electron chi connectivity index (χ2n) is 0.971. The maximum absolute atomic E-state index is 9.41. The minimum atomic E-state index is -1.55. The van der Waals surface area contributed by atoms with Crippen molar-refractivity contribution in [2.75, 3.05) is 0 Å². The largest absolute Gasteiger partial charge is 0.545 e. The monoisotopic (exact) mass is 132 g/mol. The molecular formula is C4H6NO4-. The number of hydrogen-bond acceptors (Lipinski definition) is 4. The number of rotatable bonds is 2. The topological polar surface area (TPSA) is 117 Å². The Kier molecular flexibility index (Phi) is 5.64. The van der Waals surface area contributed by atoms with Crippen molar-refractivity contribution in [2.45, 2.75) is 0 Å². The van der Waals surface area contributed by atoms with Crippen LogP contribution in [0.4, 0.5) is 0 Å². The van der Waals surface area contributed by atoms with Gasteiger partial charge in [-0.15, -0.1) is 0 Å². The van der Waals surface area contributed by atoms with E-state index in [-0.39, 0.29) is 6.15 Å². The Morgan fingerprint density at radius 1 is 1.00 bits per heavy atom. The minimum absolute atomic E-state index is 0. The fourth-order valence-corrected chi connectivity index (χ4v) is 0.136. The second kappa shape index (κ2) is 4.79. The first-order chi connectivity index (χ1) is 3.63. The molecule has 0 saturated heterocycles.